The minimum absolute atomic E-state index is 0.00274. The maximum absolute atomic E-state index is 11.8. The highest BCUT2D eigenvalue weighted by Gasteiger charge is 2.30. The number of aromatic nitrogens is 12. The summed E-state index contributed by atoms with van der Waals surface area (Å²) in [4.78, 5) is 96.2. The summed E-state index contributed by atoms with van der Waals surface area (Å²) in [7, 11) is 0. The number of hydrogen-bond donors (Lipinski definition) is 0. The van der Waals surface area contributed by atoms with Gasteiger partial charge in [0.15, 0.2) is 162 Å². The monoisotopic (exact) mass is 1770 g/mol. The molecule has 0 aliphatic heterocycles. The predicted molar refractivity (Wildman–Crippen MR) is 470 cm³/mol. The maximum atomic E-state index is 11.8. The molecule has 0 fully saturated rings. The summed E-state index contributed by atoms with van der Waals surface area (Å²) in [5.41, 5.74) is 3.57. The van der Waals surface area contributed by atoms with Gasteiger partial charge in [-0.2, -0.15) is 0 Å². The van der Waals surface area contributed by atoms with Crippen molar-refractivity contribution < 1.29 is 72.7 Å². The van der Waals surface area contributed by atoms with Gasteiger partial charge in [0, 0.05) is 60.3 Å². The lowest BCUT2D eigenvalue weighted by Crippen LogP contribution is -1.97. The summed E-state index contributed by atoms with van der Waals surface area (Å²) in [5.74, 6) is 32.6. The fraction of sp³-hybridized carbons (Fsp3) is 0. The van der Waals surface area contributed by atoms with E-state index < -0.39 is 43.0 Å². The van der Waals surface area contributed by atoms with E-state index in [-0.39, 0.29) is 55.7 Å². The van der Waals surface area contributed by atoms with E-state index in [4.69, 9.17) is 53.0 Å². The molecule has 0 radical (unpaired) electrons. The lowest BCUT2D eigenvalue weighted by atomic mass is 10.0. The largest absolute Gasteiger partial charge is 0.453 e. The van der Waals surface area contributed by atoms with E-state index in [1.165, 1.54) is 97.0 Å². The Labute approximate surface area is 739 Å². The molecule has 23 rings (SSSR count). The molecule has 36 nitrogen and oxygen atoms in total. The van der Waals surface area contributed by atoms with Gasteiger partial charge in [-0.1, -0.05) is 11.8 Å². The van der Waals surface area contributed by atoms with Gasteiger partial charge in [0.2, 0.25) is 0 Å². The zero-order valence-corrected chi connectivity index (χ0v) is 67.7. The number of pyridine rings is 4. The lowest BCUT2D eigenvalue weighted by molar-refractivity contribution is -0.388. The number of rotatable bonds is 16. The van der Waals surface area contributed by atoms with Crippen molar-refractivity contribution >= 4 is 110 Å². The van der Waals surface area contributed by atoms with Crippen molar-refractivity contribution in [1.29, 1.82) is 0 Å². The van der Waals surface area contributed by atoms with Crippen molar-refractivity contribution in [1.82, 2.24) is 59.8 Å². The molecular weight excluding hydrogens is 1740 g/mol. The molecule has 0 aliphatic rings. The lowest BCUT2D eigenvalue weighted by Gasteiger charge is -2.02. The first kappa shape index (κ1) is 77.1. The van der Waals surface area contributed by atoms with Gasteiger partial charge >= 0.3 is 23.3 Å². The van der Waals surface area contributed by atoms with Gasteiger partial charge in [-0.05, 0) is 233 Å². The summed E-state index contributed by atoms with van der Waals surface area (Å²) in [6.07, 6.45) is 16.3. The summed E-state index contributed by atoms with van der Waals surface area (Å²) in [5, 5.41) is 48.6. The third kappa shape index (κ3) is 13.9. The van der Waals surface area contributed by atoms with Crippen LogP contribution < -0.4 is 0 Å². The molecule has 22 heterocycles. The van der Waals surface area contributed by atoms with E-state index in [1.807, 2.05) is 12.1 Å². The summed E-state index contributed by atoms with van der Waals surface area (Å²) in [6.45, 7) is 0. The number of hydrogen-bond acceptors (Lipinski definition) is 34. The maximum Gasteiger partial charge on any atom is 0.391 e. The zero-order valence-electron chi connectivity index (χ0n) is 66.1. The van der Waals surface area contributed by atoms with Gasteiger partial charge in [0.05, 0.1) is 52.5 Å². The van der Waals surface area contributed by atoms with Gasteiger partial charge in [0.25, 0.3) is 0 Å². The smallest absolute Gasteiger partial charge is 0.391 e. The van der Waals surface area contributed by atoms with Crippen LogP contribution in [0.4, 0.5) is 23.3 Å². The molecule has 0 aliphatic carbocycles. The fourth-order valence-electron chi connectivity index (χ4n) is 14.7. The molecule has 0 saturated heterocycles. The first-order valence-electron chi connectivity index (χ1n) is 38.9. The standard InChI is InChI=1S/C94H38N16O20S2/c111-107(112)91-85-81(95-33-37-99-85)57(43-103-91)61-17-21-73(123-61)77-29-25-69(127-77)65-13-5-47(119-65)1-9-51-41-55-53(11-3-49-7-15-67(121-49)71-27-31-79(129-71)75-23-19-63(125-75)59-45-105-93(109(115)116)87-83(59)97-35-39-101-87)90-56(42-52(132-90)10-2-48-6-14-66(120-48)70-26-30-78(128-70)74-22-18-62(124-74)58-44-104-92(108(113)114)86-82(58)96-34-38-100-86)54(89(55)131-51)12-4-50-8-16-68(122-50)72-28-32-80(130-72)76-24-20-64(126-76)60-46-106-94(110(117)118)88-84(60)98-36-40-102-88/h5-8,13-46H. The van der Waals surface area contributed by atoms with Gasteiger partial charge in [-0.3, -0.25) is 19.9 Å². The summed E-state index contributed by atoms with van der Waals surface area (Å²) < 4.78 is 77.0. The molecule has 0 N–H and O–H groups in total. The highest BCUT2D eigenvalue weighted by molar-refractivity contribution is 7.21. The van der Waals surface area contributed by atoms with Crippen LogP contribution in [0.2, 0.25) is 0 Å². The van der Waals surface area contributed by atoms with E-state index in [1.54, 1.807) is 146 Å². The normalized spacial score (nSPS) is 11.3. The number of fused-ring (bicyclic) bond motifs is 6. The number of nitrogens with zero attached hydrogens (tertiary/aromatic N) is 16. The van der Waals surface area contributed by atoms with Crippen LogP contribution >= 0.6 is 22.7 Å². The molecule has 0 spiro atoms. The van der Waals surface area contributed by atoms with E-state index in [2.05, 4.69) is 107 Å². The van der Waals surface area contributed by atoms with Crippen molar-refractivity contribution in [3.63, 3.8) is 0 Å². The molecule has 22 aromatic heterocycles. The second-order valence-corrected chi connectivity index (χ2v) is 30.6. The SMILES string of the molecule is O=[N+]([O-])c1ncc(-c2ccc(-c3ccc(-c4ccc(C#Cc5cc6c(C#Cc7ccc(-c8ccc(-c9ccc(-c%10cnc([N+](=O)[O-])c%11nccnc%10%11)o9)o8)o7)c7sc(C#Cc8ccc(-c9ccc(-c%10ccc(-c%11cnc([N+](=O)[O-])c%12nccnc%11%12)o%10)o9)o8)cc7c(C#Cc7ccc(-c8ccc(-c9ccc(-c%10cnc([N+](=O)[O-])c%11nccnc%10%11)o9)o8)o7)c6s5)o4)o3)o2)c2nccnc12. The number of nitro groups is 4. The first-order chi connectivity index (χ1) is 64.6. The van der Waals surface area contributed by atoms with Crippen LogP contribution in [-0.2, 0) is 0 Å². The highest BCUT2D eigenvalue weighted by atomic mass is 32.1. The van der Waals surface area contributed by atoms with Gasteiger partial charge in [-0.25, -0.2) is 19.9 Å². The van der Waals surface area contributed by atoms with Crippen molar-refractivity contribution in [3.8, 4) is 185 Å². The molecule has 1 aromatic carbocycles. The number of furan rings is 12. The van der Waals surface area contributed by atoms with Crippen molar-refractivity contribution in [2.24, 2.45) is 0 Å². The average Bonchev–Trinajstić information content (AvgIpc) is 1.58. The van der Waals surface area contributed by atoms with Crippen LogP contribution in [0.1, 0.15) is 43.9 Å². The molecule has 0 amide bonds. The Hall–Kier alpha value is -19.7. The molecule has 38 heteroatoms. The number of benzene rings is 1. The minimum atomic E-state index is -0.627. The van der Waals surface area contributed by atoms with E-state index in [9.17, 15) is 40.5 Å². The quantitative estimate of drug-likeness (QED) is 0.0492. The van der Waals surface area contributed by atoms with Crippen molar-refractivity contribution in [2.75, 3.05) is 0 Å². The van der Waals surface area contributed by atoms with Gasteiger partial charge in [-0.15, -0.1) is 22.7 Å². The fourth-order valence-corrected chi connectivity index (χ4v) is 16.8. The number of thiophene rings is 2. The van der Waals surface area contributed by atoms with E-state index in [0.717, 1.165) is 0 Å². The molecule has 626 valence electrons. The Morgan fingerprint density at radius 3 is 0.636 bits per heavy atom. The van der Waals surface area contributed by atoms with Crippen LogP contribution in [0.15, 0.2) is 285 Å². The topological polar surface area (TPSA) is 485 Å². The Balaban J connectivity index is 0.596. The average molecular weight is 1780 g/mol. The van der Waals surface area contributed by atoms with Crippen LogP contribution in [0.5, 0.6) is 0 Å². The van der Waals surface area contributed by atoms with Crippen LogP contribution in [-0.4, -0.2) is 79.5 Å². The molecule has 0 bridgehead atoms. The van der Waals surface area contributed by atoms with Gasteiger partial charge < -0.3 is 93.5 Å². The van der Waals surface area contributed by atoms with E-state index >= 15 is 0 Å². The second kappa shape index (κ2) is 31.2. The Morgan fingerprint density at radius 2 is 0.409 bits per heavy atom. The molecule has 132 heavy (non-hydrogen) atoms. The third-order valence-corrected chi connectivity index (χ3v) is 22.7. The van der Waals surface area contributed by atoms with E-state index in [0.29, 0.717) is 190 Å². The van der Waals surface area contributed by atoms with Crippen LogP contribution in [0.25, 0.3) is 202 Å². The molecule has 0 atom stereocenters. The van der Waals surface area contributed by atoms with Crippen molar-refractivity contribution in [3.05, 3.63) is 316 Å². The Bertz CT molecular complexity index is 8510. The Morgan fingerprint density at radius 1 is 0.220 bits per heavy atom. The third-order valence-electron chi connectivity index (χ3n) is 20.6. The van der Waals surface area contributed by atoms with Crippen LogP contribution in [0.3, 0.4) is 0 Å². The van der Waals surface area contributed by atoms with Crippen molar-refractivity contribution in [2.45, 2.75) is 0 Å². The zero-order chi connectivity index (χ0) is 88.9. The first-order valence-corrected chi connectivity index (χ1v) is 40.6. The molecule has 0 unspecified atom stereocenters. The van der Waals surface area contributed by atoms with Gasteiger partial charge in [0.1, 0.15) is 45.1 Å². The molecular formula is C94H38N16O20S2. The Kier molecular flexibility index (Phi) is 18.2. The second-order valence-electron chi connectivity index (χ2n) is 28.4. The highest BCUT2D eigenvalue weighted by Crippen LogP contribution is 2.46. The summed E-state index contributed by atoms with van der Waals surface area (Å²) in [6, 6.07) is 44.7. The van der Waals surface area contributed by atoms with Crippen LogP contribution in [0, 0.1) is 87.8 Å². The minimum Gasteiger partial charge on any atom is -0.453 e. The molecule has 0 saturated carbocycles. The molecule has 23 aromatic rings. The predicted octanol–water partition coefficient (Wildman–Crippen LogP) is 21.8. The summed E-state index contributed by atoms with van der Waals surface area (Å²) >= 11 is 2.71.